The zero-order chi connectivity index (χ0) is 16.0. The molecule has 0 aliphatic carbocycles. The summed E-state index contributed by atoms with van der Waals surface area (Å²) >= 11 is 1.24. The monoisotopic (exact) mass is 312 g/mol. The van der Waals surface area contributed by atoms with Crippen LogP contribution in [0.1, 0.15) is 46.0 Å². The van der Waals surface area contributed by atoms with Crippen molar-refractivity contribution in [2.45, 2.75) is 27.2 Å². The smallest absolute Gasteiger partial charge is 0.313 e. The van der Waals surface area contributed by atoms with Crippen LogP contribution in [-0.4, -0.2) is 45.8 Å². The number of Topliss-reactive ketones (excluding diaryl/α,β-unsaturated/α-hetero) is 1. The first-order valence-electron chi connectivity index (χ1n) is 6.68. The molecule has 1 aromatic heterocycles. The largest absolute Gasteiger partial charge is 0.481 e. The Morgan fingerprint density at radius 3 is 2.52 bits per heavy atom. The van der Waals surface area contributed by atoms with Crippen molar-refractivity contribution in [2.75, 3.05) is 18.1 Å². The van der Waals surface area contributed by atoms with Gasteiger partial charge in [0.05, 0.1) is 5.75 Å². The van der Waals surface area contributed by atoms with Gasteiger partial charge < -0.3 is 15.4 Å². The number of thioether (sulfide) groups is 1. The van der Waals surface area contributed by atoms with Crippen LogP contribution in [0.25, 0.3) is 0 Å². The summed E-state index contributed by atoms with van der Waals surface area (Å²) in [7, 11) is 0. The lowest BCUT2D eigenvalue weighted by Gasteiger charge is -2.05. The van der Waals surface area contributed by atoms with Gasteiger partial charge >= 0.3 is 5.97 Å². The number of hydrogen-bond acceptors (Lipinski definition) is 4. The Labute approximate surface area is 127 Å². The van der Waals surface area contributed by atoms with Gasteiger partial charge in [0, 0.05) is 23.6 Å². The Bertz CT molecular complexity index is 551. The summed E-state index contributed by atoms with van der Waals surface area (Å²) in [5.74, 6) is -0.647. The van der Waals surface area contributed by atoms with Crippen molar-refractivity contribution < 1.29 is 19.5 Å². The zero-order valence-corrected chi connectivity index (χ0v) is 13.2. The number of aryl methyl sites for hydroxylation is 1. The molecule has 0 fully saturated rings. The summed E-state index contributed by atoms with van der Waals surface area (Å²) < 4.78 is 0. The summed E-state index contributed by atoms with van der Waals surface area (Å²) in [5, 5.41) is 11.2. The first-order valence-corrected chi connectivity index (χ1v) is 7.84. The van der Waals surface area contributed by atoms with E-state index in [-0.39, 0.29) is 17.4 Å². The maximum absolute atomic E-state index is 12.1. The number of carbonyl (C=O) groups excluding carboxylic acids is 2. The SMILES string of the molecule is CCc1c(C(=O)NCCSCC(=O)O)[nH]c(C)c1C(C)=O. The minimum atomic E-state index is -0.870. The number of rotatable bonds is 8. The summed E-state index contributed by atoms with van der Waals surface area (Å²) in [6, 6.07) is 0. The molecule has 1 rings (SSSR count). The number of aliphatic carboxylic acids is 1. The molecule has 116 valence electrons. The molecule has 1 amide bonds. The summed E-state index contributed by atoms with van der Waals surface area (Å²) in [5.41, 5.74) is 2.44. The highest BCUT2D eigenvalue weighted by molar-refractivity contribution is 7.99. The van der Waals surface area contributed by atoms with Crippen LogP contribution in [0.4, 0.5) is 0 Å². The molecule has 0 atom stereocenters. The Kier molecular flexibility index (Phi) is 6.48. The average Bonchev–Trinajstić information content (AvgIpc) is 2.74. The van der Waals surface area contributed by atoms with Crippen molar-refractivity contribution in [3.8, 4) is 0 Å². The Morgan fingerprint density at radius 1 is 1.33 bits per heavy atom. The van der Waals surface area contributed by atoms with Crippen LogP contribution >= 0.6 is 11.8 Å². The lowest BCUT2D eigenvalue weighted by molar-refractivity contribution is -0.133. The molecule has 1 heterocycles. The van der Waals surface area contributed by atoms with Gasteiger partial charge in [-0.25, -0.2) is 0 Å². The molecule has 1 aromatic rings. The van der Waals surface area contributed by atoms with Gasteiger partial charge in [-0.1, -0.05) is 6.92 Å². The van der Waals surface area contributed by atoms with Gasteiger partial charge in [0.2, 0.25) is 0 Å². The van der Waals surface area contributed by atoms with Gasteiger partial charge in [0.15, 0.2) is 5.78 Å². The van der Waals surface area contributed by atoms with Crippen LogP contribution < -0.4 is 5.32 Å². The molecular formula is C14H20N2O4S. The third-order valence-electron chi connectivity index (χ3n) is 2.98. The average molecular weight is 312 g/mol. The van der Waals surface area contributed by atoms with Crippen molar-refractivity contribution >= 4 is 29.4 Å². The second-order valence-corrected chi connectivity index (χ2v) is 5.70. The molecule has 0 unspecified atom stereocenters. The summed E-state index contributed by atoms with van der Waals surface area (Å²) in [6.07, 6.45) is 0.593. The number of H-pyrrole nitrogens is 1. The third kappa shape index (κ3) is 4.63. The molecule has 0 aromatic carbocycles. The van der Waals surface area contributed by atoms with Crippen LogP contribution in [0.15, 0.2) is 0 Å². The molecule has 0 bridgehead atoms. The number of carbonyl (C=O) groups is 3. The van der Waals surface area contributed by atoms with Crippen molar-refractivity contribution in [3.05, 3.63) is 22.5 Å². The Morgan fingerprint density at radius 2 is 2.00 bits per heavy atom. The van der Waals surface area contributed by atoms with Gasteiger partial charge in [-0.15, -0.1) is 11.8 Å². The molecule has 0 radical (unpaired) electrons. The number of hydrogen-bond donors (Lipinski definition) is 3. The van der Waals surface area contributed by atoms with E-state index in [0.717, 1.165) is 5.56 Å². The fraction of sp³-hybridized carbons (Fsp3) is 0.500. The van der Waals surface area contributed by atoms with Gasteiger partial charge in [-0.3, -0.25) is 14.4 Å². The van der Waals surface area contributed by atoms with Gasteiger partial charge in [0.25, 0.3) is 5.91 Å². The molecule has 0 spiro atoms. The molecule has 6 nitrogen and oxygen atoms in total. The van der Waals surface area contributed by atoms with Gasteiger partial charge in [0.1, 0.15) is 5.69 Å². The molecule has 21 heavy (non-hydrogen) atoms. The van der Waals surface area contributed by atoms with Crippen LogP contribution in [0, 0.1) is 6.92 Å². The van der Waals surface area contributed by atoms with Crippen molar-refractivity contribution in [2.24, 2.45) is 0 Å². The fourth-order valence-corrected chi connectivity index (χ4v) is 2.75. The van der Waals surface area contributed by atoms with Gasteiger partial charge in [-0.2, -0.15) is 0 Å². The van der Waals surface area contributed by atoms with E-state index < -0.39 is 5.97 Å². The highest BCUT2D eigenvalue weighted by atomic mass is 32.2. The number of nitrogens with one attached hydrogen (secondary N) is 2. The van der Waals surface area contributed by atoms with E-state index in [1.807, 2.05) is 6.92 Å². The molecule has 0 saturated carbocycles. The molecular weight excluding hydrogens is 292 g/mol. The summed E-state index contributed by atoms with van der Waals surface area (Å²) in [6.45, 7) is 5.54. The maximum atomic E-state index is 12.1. The number of carboxylic acid groups (broad SMARTS) is 1. The normalized spacial score (nSPS) is 10.4. The lowest BCUT2D eigenvalue weighted by atomic mass is 10.0. The molecule has 7 heteroatoms. The lowest BCUT2D eigenvalue weighted by Crippen LogP contribution is -2.27. The van der Waals surface area contributed by atoms with Crippen LogP contribution in [0.3, 0.4) is 0 Å². The number of carboxylic acids is 1. The molecule has 0 aliphatic rings. The van der Waals surface area contributed by atoms with Crippen LogP contribution in [0.2, 0.25) is 0 Å². The van der Waals surface area contributed by atoms with E-state index in [9.17, 15) is 14.4 Å². The van der Waals surface area contributed by atoms with Crippen LogP contribution in [-0.2, 0) is 11.2 Å². The van der Waals surface area contributed by atoms with E-state index in [4.69, 9.17) is 5.11 Å². The van der Waals surface area contributed by atoms with E-state index in [2.05, 4.69) is 10.3 Å². The quantitative estimate of drug-likeness (QED) is 0.500. The van der Waals surface area contributed by atoms with Crippen molar-refractivity contribution in [1.82, 2.24) is 10.3 Å². The maximum Gasteiger partial charge on any atom is 0.313 e. The first-order chi connectivity index (χ1) is 9.88. The van der Waals surface area contributed by atoms with E-state index in [0.29, 0.717) is 35.7 Å². The minimum Gasteiger partial charge on any atom is -0.481 e. The highest BCUT2D eigenvalue weighted by Gasteiger charge is 2.21. The minimum absolute atomic E-state index is 0.0200. The molecule has 0 aliphatic heterocycles. The Hall–Kier alpha value is -1.76. The van der Waals surface area contributed by atoms with E-state index >= 15 is 0 Å². The van der Waals surface area contributed by atoms with Gasteiger partial charge in [-0.05, 0) is 25.8 Å². The number of ketones is 1. The Balaban J connectivity index is 2.68. The fourth-order valence-electron chi connectivity index (χ4n) is 2.19. The third-order valence-corrected chi connectivity index (χ3v) is 3.93. The van der Waals surface area contributed by atoms with Crippen molar-refractivity contribution in [3.63, 3.8) is 0 Å². The molecule has 3 N–H and O–H groups in total. The first kappa shape index (κ1) is 17.3. The predicted molar refractivity (Wildman–Crippen MR) is 82.2 cm³/mol. The second-order valence-electron chi connectivity index (χ2n) is 4.59. The van der Waals surface area contributed by atoms with Crippen LogP contribution in [0.5, 0.6) is 0 Å². The highest BCUT2D eigenvalue weighted by Crippen LogP contribution is 2.20. The molecule has 0 saturated heterocycles. The number of aromatic nitrogens is 1. The van der Waals surface area contributed by atoms with E-state index in [1.54, 1.807) is 6.92 Å². The predicted octanol–water partition coefficient (Wildman–Crippen LogP) is 1.64. The standard InChI is InChI=1S/C14H20N2O4S/c1-4-10-12(9(3)17)8(2)16-13(10)14(20)15-5-6-21-7-11(18)19/h16H,4-7H2,1-3H3,(H,15,20)(H,18,19). The number of aromatic amines is 1. The van der Waals surface area contributed by atoms with Crippen molar-refractivity contribution in [1.29, 1.82) is 0 Å². The topological polar surface area (TPSA) is 99.3 Å². The number of amides is 1. The van der Waals surface area contributed by atoms with E-state index in [1.165, 1.54) is 18.7 Å². The zero-order valence-electron chi connectivity index (χ0n) is 12.4. The summed E-state index contributed by atoms with van der Waals surface area (Å²) in [4.78, 5) is 37.1. The second kappa shape index (κ2) is 7.87.